The molecule has 0 spiro atoms. The van der Waals surface area contributed by atoms with E-state index in [4.69, 9.17) is 0 Å². The molecule has 0 aromatic heterocycles. The number of nitrogens with one attached hydrogen (secondary N) is 1. The zero-order chi connectivity index (χ0) is 16.4. The molecule has 0 atom stereocenters. The summed E-state index contributed by atoms with van der Waals surface area (Å²) in [6.07, 6.45) is 1.09. The summed E-state index contributed by atoms with van der Waals surface area (Å²) in [5.41, 5.74) is 0.764. The van der Waals surface area contributed by atoms with Crippen molar-refractivity contribution in [1.29, 1.82) is 0 Å². The highest BCUT2D eigenvalue weighted by atomic mass is 32.2. The molecule has 0 aliphatic rings. The summed E-state index contributed by atoms with van der Waals surface area (Å²) in [4.78, 5) is 12.5. The largest absolute Gasteiger partial charge is 0.322 e. The van der Waals surface area contributed by atoms with Crippen LogP contribution in [0.5, 0.6) is 0 Å². The van der Waals surface area contributed by atoms with Gasteiger partial charge in [-0.2, -0.15) is 0 Å². The Hall–Kier alpha value is -2.66. The molecule has 0 radical (unpaired) electrons. The van der Waals surface area contributed by atoms with Crippen molar-refractivity contribution < 1.29 is 13.2 Å². The third-order valence-electron chi connectivity index (χ3n) is 3.54. The van der Waals surface area contributed by atoms with Crippen LogP contribution in [0.1, 0.15) is 10.4 Å². The van der Waals surface area contributed by atoms with Gasteiger partial charge in [0, 0.05) is 11.9 Å². The second kappa shape index (κ2) is 5.85. The molecule has 0 saturated heterocycles. The Balaban J connectivity index is 1.95. The second-order valence-corrected chi connectivity index (χ2v) is 7.27. The molecule has 0 unspecified atom stereocenters. The topological polar surface area (TPSA) is 63.2 Å². The fourth-order valence-electron chi connectivity index (χ4n) is 2.44. The van der Waals surface area contributed by atoms with Crippen molar-refractivity contribution in [3.63, 3.8) is 0 Å². The average molecular weight is 325 g/mol. The molecule has 0 aliphatic heterocycles. The fourth-order valence-corrected chi connectivity index (χ4v) is 3.33. The maximum atomic E-state index is 12.4. The smallest absolute Gasteiger partial charge is 0.256 e. The van der Waals surface area contributed by atoms with Gasteiger partial charge < -0.3 is 5.32 Å². The Morgan fingerprint density at radius 1 is 0.870 bits per heavy atom. The van der Waals surface area contributed by atoms with E-state index in [0.29, 0.717) is 5.69 Å². The first-order valence-electron chi connectivity index (χ1n) is 7.04. The van der Waals surface area contributed by atoms with Gasteiger partial charge in [-0.1, -0.05) is 42.5 Å². The number of anilines is 1. The summed E-state index contributed by atoms with van der Waals surface area (Å²) in [6, 6.07) is 19.6. The lowest BCUT2D eigenvalue weighted by Gasteiger charge is -2.09. The highest BCUT2D eigenvalue weighted by Gasteiger charge is 2.18. The minimum absolute atomic E-state index is 0.0262. The van der Waals surface area contributed by atoms with E-state index in [0.717, 1.165) is 17.0 Å². The summed E-state index contributed by atoms with van der Waals surface area (Å²) in [6.45, 7) is 0. The molecular weight excluding hydrogens is 310 g/mol. The molecule has 0 aliphatic carbocycles. The number of rotatable bonds is 3. The molecule has 0 fully saturated rings. The van der Waals surface area contributed by atoms with E-state index < -0.39 is 15.7 Å². The van der Waals surface area contributed by atoms with E-state index in [-0.39, 0.29) is 10.5 Å². The molecule has 3 rings (SSSR count). The summed E-state index contributed by atoms with van der Waals surface area (Å²) in [7, 11) is -3.47. The van der Waals surface area contributed by atoms with Crippen molar-refractivity contribution in [3.8, 4) is 0 Å². The SMILES string of the molecule is CS(=O)(=O)c1ccccc1C(=O)Nc1ccc2ccccc2c1. The van der Waals surface area contributed by atoms with Crippen LogP contribution >= 0.6 is 0 Å². The van der Waals surface area contributed by atoms with Gasteiger partial charge in [0.2, 0.25) is 0 Å². The van der Waals surface area contributed by atoms with Crippen molar-refractivity contribution in [3.05, 3.63) is 72.3 Å². The Bertz CT molecular complexity index is 994. The van der Waals surface area contributed by atoms with E-state index >= 15 is 0 Å². The Kier molecular flexibility index (Phi) is 3.88. The van der Waals surface area contributed by atoms with Crippen LogP contribution in [0.15, 0.2) is 71.6 Å². The van der Waals surface area contributed by atoms with Crippen LogP contribution in [0.3, 0.4) is 0 Å². The first-order valence-corrected chi connectivity index (χ1v) is 8.93. The third kappa shape index (κ3) is 3.24. The van der Waals surface area contributed by atoms with Gasteiger partial charge in [0.15, 0.2) is 9.84 Å². The molecule has 0 saturated carbocycles. The lowest BCUT2D eigenvalue weighted by atomic mass is 10.1. The molecular formula is C18H15NO3S. The second-order valence-electron chi connectivity index (χ2n) is 5.28. The summed E-state index contributed by atoms with van der Waals surface area (Å²) < 4.78 is 23.6. The van der Waals surface area contributed by atoms with Crippen molar-refractivity contribution in [2.24, 2.45) is 0 Å². The predicted molar refractivity (Wildman–Crippen MR) is 91.5 cm³/mol. The van der Waals surface area contributed by atoms with Gasteiger partial charge in [0.05, 0.1) is 10.5 Å². The molecule has 5 heteroatoms. The van der Waals surface area contributed by atoms with E-state index in [1.165, 1.54) is 12.1 Å². The van der Waals surface area contributed by atoms with Crippen molar-refractivity contribution in [2.75, 3.05) is 11.6 Å². The first kappa shape index (κ1) is 15.2. The molecule has 1 amide bonds. The monoisotopic (exact) mass is 325 g/mol. The number of amides is 1. The van der Waals surface area contributed by atoms with Gasteiger partial charge in [0.1, 0.15) is 0 Å². The van der Waals surface area contributed by atoms with Crippen LogP contribution in [0, 0.1) is 0 Å². The van der Waals surface area contributed by atoms with Gasteiger partial charge in [-0.3, -0.25) is 4.79 Å². The number of sulfone groups is 1. The van der Waals surface area contributed by atoms with Gasteiger partial charge in [-0.15, -0.1) is 0 Å². The normalized spacial score (nSPS) is 11.3. The number of benzene rings is 3. The van der Waals surface area contributed by atoms with Gasteiger partial charge >= 0.3 is 0 Å². The maximum Gasteiger partial charge on any atom is 0.256 e. The van der Waals surface area contributed by atoms with Gasteiger partial charge in [-0.05, 0) is 35.0 Å². The molecule has 1 N–H and O–H groups in total. The summed E-state index contributed by atoms with van der Waals surface area (Å²) in [5, 5.41) is 4.83. The summed E-state index contributed by atoms with van der Waals surface area (Å²) in [5.74, 6) is -0.443. The molecule has 0 heterocycles. The predicted octanol–water partition coefficient (Wildman–Crippen LogP) is 3.50. The highest BCUT2D eigenvalue weighted by Crippen LogP contribution is 2.21. The maximum absolute atomic E-state index is 12.4. The Labute approximate surface area is 134 Å². The lowest BCUT2D eigenvalue weighted by Crippen LogP contribution is -2.15. The quantitative estimate of drug-likeness (QED) is 0.801. The molecule has 23 heavy (non-hydrogen) atoms. The van der Waals surface area contributed by atoms with E-state index in [1.807, 2.05) is 36.4 Å². The number of fused-ring (bicyclic) bond motifs is 1. The Morgan fingerprint density at radius 3 is 2.26 bits per heavy atom. The van der Waals surface area contributed by atoms with E-state index in [9.17, 15) is 13.2 Å². The lowest BCUT2D eigenvalue weighted by molar-refractivity contribution is 0.102. The molecule has 3 aromatic carbocycles. The number of hydrogen-bond donors (Lipinski definition) is 1. The number of carbonyl (C=O) groups is 1. The van der Waals surface area contributed by atoms with Crippen molar-refractivity contribution in [2.45, 2.75) is 4.90 Å². The van der Waals surface area contributed by atoms with Crippen LogP contribution in [0.25, 0.3) is 10.8 Å². The van der Waals surface area contributed by atoms with Crippen molar-refractivity contribution in [1.82, 2.24) is 0 Å². The number of hydrogen-bond acceptors (Lipinski definition) is 3. The van der Waals surface area contributed by atoms with E-state index in [1.54, 1.807) is 18.2 Å². The molecule has 0 bridgehead atoms. The summed E-state index contributed by atoms with van der Waals surface area (Å²) >= 11 is 0. The Morgan fingerprint density at radius 2 is 1.52 bits per heavy atom. The van der Waals surface area contributed by atoms with Crippen molar-refractivity contribution >= 4 is 32.2 Å². The molecule has 116 valence electrons. The van der Waals surface area contributed by atoms with Gasteiger partial charge in [-0.25, -0.2) is 8.42 Å². The molecule has 4 nitrogen and oxygen atoms in total. The molecule has 3 aromatic rings. The minimum Gasteiger partial charge on any atom is -0.322 e. The zero-order valence-electron chi connectivity index (χ0n) is 12.5. The van der Waals surface area contributed by atoms with Crippen LogP contribution in [-0.2, 0) is 9.84 Å². The fraction of sp³-hybridized carbons (Fsp3) is 0.0556. The zero-order valence-corrected chi connectivity index (χ0v) is 13.3. The average Bonchev–Trinajstić information content (AvgIpc) is 2.54. The standard InChI is InChI=1S/C18H15NO3S/c1-23(21,22)17-9-5-4-8-16(17)18(20)19-15-11-10-13-6-2-3-7-14(13)12-15/h2-12H,1H3,(H,19,20). The van der Waals surface area contributed by atoms with Crippen LogP contribution in [-0.4, -0.2) is 20.6 Å². The third-order valence-corrected chi connectivity index (χ3v) is 4.69. The van der Waals surface area contributed by atoms with E-state index in [2.05, 4.69) is 5.32 Å². The van der Waals surface area contributed by atoms with Crippen LogP contribution < -0.4 is 5.32 Å². The minimum atomic E-state index is -3.47. The van der Waals surface area contributed by atoms with Crippen LogP contribution in [0.2, 0.25) is 0 Å². The first-order chi connectivity index (χ1) is 10.9. The number of carbonyl (C=O) groups excluding carboxylic acids is 1. The highest BCUT2D eigenvalue weighted by molar-refractivity contribution is 7.90. The van der Waals surface area contributed by atoms with Crippen LogP contribution in [0.4, 0.5) is 5.69 Å². The van der Waals surface area contributed by atoms with Gasteiger partial charge in [0.25, 0.3) is 5.91 Å².